The van der Waals surface area contributed by atoms with Crippen LogP contribution in [0.2, 0.25) is 0 Å². The molecule has 1 aromatic heterocycles. The van der Waals surface area contributed by atoms with E-state index in [1.54, 1.807) is 13.0 Å². The molecule has 0 bridgehead atoms. The number of thiophene rings is 1. The van der Waals surface area contributed by atoms with Crippen LogP contribution < -0.4 is 11.1 Å². The number of nitrogens with one attached hydrogen (secondary N) is 1. The molecule has 0 amide bonds. The Balaban J connectivity index is 2.07. The molecule has 21 heavy (non-hydrogen) atoms. The summed E-state index contributed by atoms with van der Waals surface area (Å²) in [7, 11) is 0. The van der Waals surface area contributed by atoms with Crippen molar-refractivity contribution in [1.82, 2.24) is 0 Å². The number of hydrogen-bond acceptors (Lipinski definition) is 5. The molecule has 0 aliphatic heterocycles. The Kier molecular flexibility index (Phi) is 4.74. The van der Waals surface area contributed by atoms with Crippen LogP contribution in [0.3, 0.4) is 0 Å². The Hall–Kier alpha value is -2.15. The summed E-state index contributed by atoms with van der Waals surface area (Å²) in [5.41, 5.74) is 6.36. The number of halogens is 2. The van der Waals surface area contributed by atoms with E-state index < -0.39 is 17.6 Å². The van der Waals surface area contributed by atoms with Gasteiger partial charge in [-0.15, -0.1) is 11.3 Å². The molecule has 0 radical (unpaired) electrons. The van der Waals surface area contributed by atoms with Crippen LogP contribution >= 0.6 is 11.3 Å². The van der Waals surface area contributed by atoms with Crippen LogP contribution in [0.4, 0.5) is 19.5 Å². The second-order valence-corrected chi connectivity index (χ2v) is 5.26. The monoisotopic (exact) mass is 312 g/mol. The predicted octanol–water partition coefficient (Wildman–Crippen LogP) is 3.40. The van der Waals surface area contributed by atoms with Crippen molar-refractivity contribution in [1.29, 1.82) is 0 Å². The Morgan fingerprint density at radius 2 is 2.14 bits per heavy atom. The molecule has 0 aliphatic rings. The molecule has 0 atom stereocenters. The van der Waals surface area contributed by atoms with Crippen LogP contribution in [-0.4, -0.2) is 12.6 Å². The van der Waals surface area contributed by atoms with Gasteiger partial charge in [-0.3, -0.25) is 0 Å². The van der Waals surface area contributed by atoms with Crippen molar-refractivity contribution in [3.8, 4) is 0 Å². The molecule has 0 unspecified atom stereocenters. The van der Waals surface area contributed by atoms with Gasteiger partial charge in [0.2, 0.25) is 0 Å². The van der Waals surface area contributed by atoms with Crippen molar-refractivity contribution >= 4 is 28.0 Å². The number of nitrogens with two attached hydrogens (primary N) is 1. The first-order chi connectivity index (χ1) is 10.0. The standard InChI is InChI=1S/C14H14F2N2O2S/c1-2-20-14(19)13-11(17)6-12(21-13)18-7-8-3-4-9(15)5-10(8)16/h3-6,18H,2,7,17H2,1H3. The maximum atomic E-state index is 13.5. The molecule has 112 valence electrons. The number of ether oxygens (including phenoxy) is 1. The van der Waals surface area contributed by atoms with E-state index in [1.807, 2.05) is 0 Å². The topological polar surface area (TPSA) is 64.3 Å². The van der Waals surface area contributed by atoms with Gasteiger partial charge in [0.1, 0.15) is 16.5 Å². The lowest BCUT2D eigenvalue weighted by molar-refractivity contribution is 0.0533. The van der Waals surface area contributed by atoms with Gasteiger partial charge in [0.05, 0.1) is 17.3 Å². The van der Waals surface area contributed by atoms with E-state index in [0.717, 1.165) is 17.4 Å². The third-order valence-electron chi connectivity index (χ3n) is 2.69. The molecular weight excluding hydrogens is 298 g/mol. The molecule has 7 heteroatoms. The van der Waals surface area contributed by atoms with Gasteiger partial charge < -0.3 is 15.8 Å². The van der Waals surface area contributed by atoms with E-state index in [-0.39, 0.29) is 13.2 Å². The Morgan fingerprint density at radius 1 is 1.38 bits per heavy atom. The summed E-state index contributed by atoms with van der Waals surface area (Å²) in [6, 6.07) is 4.95. The second kappa shape index (κ2) is 6.53. The van der Waals surface area contributed by atoms with Gasteiger partial charge >= 0.3 is 5.97 Å². The van der Waals surface area contributed by atoms with E-state index in [9.17, 15) is 13.6 Å². The zero-order valence-electron chi connectivity index (χ0n) is 11.3. The Morgan fingerprint density at radius 3 is 2.81 bits per heavy atom. The summed E-state index contributed by atoms with van der Waals surface area (Å²) in [5, 5.41) is 3.56. The molecule has 0 saturated heterocycles. The van der Waals surface area contributed by atoms with Crippen LogP contribution in [0.25, 0.3) is 0 Å². The number of carbonyl (C=O) groups excluding carboxylic acids is 1. The zero-order valence-corrected chi connectivity index (χ0v) is 12.1. The maximum absolute atomic E-state index is 13.5. The van der Waals surface area contributed by atoms with Gasteiger partial charge in [-0.2, -0.15) is 0 Å². The molecular formula is C14H14F2N2O2S. The van der Waals surface area contributed by atoms with E-state index in [1.165, 1.54) is 12.1 Å². The van der Waals surface area contributed by atoms with Gasteiger partial charge in [0.15, 0.2) is 0 Å². The van der Waals surface area contributed by atoms with Gasteiger partial charge in [-0.05, 0) is 19.1 Å². The number of rotatable bonds is 5. The average Bonchev–Trinajstić information content (AvgIpc) is 2.79. The lowest BCUT2D eigenvalue weighted by Gasteiger charge is -2.05. The highest BCUT2D eigenvalue weighted by atomic mass is 32.1. The highest BCUT2D eigenvalue weighted by molar-refractivity contribution is 7.18. The molecule has 3 N–H and O–H groups in total. The number of hydrogen-bond donors (Lipinski definition) is 2. The van der Waals surface area contributed by atoms with Crippen LogP contribution in [0, 0.1) is 11.6 Å². The molecule has 1 aromatic carbocycles. The minimum Gasteiger partial charge on any atom is -0.462 e. The molecule has 0 fully saturated rings. The SMILES string of the molecule is CCOC(=O)c1sc(NCc2ccc(F)cc2F)cc1N. The van der Waals surface area contributed by atoms with E-state index >= 15 is 0 Å². The lowest BCUT2D eigenvalue weighted by Crippen LogP contribution is -2.04. The fraction of sp³-hybridized carbons (Fsp3) is 0.214. The first-order valence-corrected chi connectivity index (χ1v) is 7.07. The number of benzene rings is 1. The third-order valence-corrected chi connectivity index (χ3v) is 3.78. The molecule has 4 nitrogen and oxygen atoms in total. The third kappa shape index (κ3) is 3.69. The van der Waals surface area contributed by atoms with Crippen LogP contribution in [0.1, 0.15) is 22.2 Å². The van der Waals surface area contributed by atoms with Crippen LogP contribution in [-0.2, 0) is 11.3 Å². The second-order valence-electron chi connectivity index (χ2n) is 4.20. The number of anilines is 2. The minimum absolute atomic E-state index is 0.161. The van der Waals surface area contributed by atoms with Crippen molar-refractivity contribution in [2.24, 2.45) is 0 Å². The highest BCUT2D eigenvalue weighted by Crippen LogP contribution is 2.30. The summed E-state index contributed by atoms with van der Waals surface area (Å²) >= 11 is 1.13. The van der Waals surface area contributed by atoms with Gasteiger partial charge in [0, 0.05) is 18.2 Å². The van der Waals surface area contributed by atoms with Gasteiger partial charge in [-0.1, -0.05) is 6.07 Å². The molecule has 0 saturated carbocycles. The predicted molar refractivity (Wildman–Crippen MR) is 78.4 cm³/mol. The largest absolute Gasteiger partial charge is 0.462 e. The molecule has 1 heterocycles. The molecule has 0 spiro atoms. The number of esters is 1. The Bertz CT molecular complexity index is 658. The van der Waals surface area contributed by atoms with E-state index in [4.69, 9.17) is 10.5 Å². The highest BCUT2D eigenvalue weighted by Gasteiger charge is 2.15. The minimum atomic E-state index is -0.627. The number of carbonyl (C=O) groups is 1. The van der Waals surface area contributed by atoms with Crippen molar-refractivity contribution in [3.05, 3.63) is 46.3 Å². The summed E-state index contributed by atoms with van der Waals surface area (Å²) in [6.45, 7) is 2.13. The van der Waals surface area contributed by atoms with E-state index in [0.29, 0.717) is 21.1 Å². The normalized spacial score (nSPS) is 10.4. The first-order valence-electron chi connectivity index (χ1n) is 6.25. The van der Waals surface area contributed by atoms with Crippen molar-refractivity contribution in [2.75, 3.05) is 17.7 Å². The fourth-order valence-electron chi connectivity index (χ4n) is 1.70. The lowest BCUT2D eigenvalue weighted by atomic mass is 10.2. The van der Waals surface area contributed by atoms with Crippen molar-refractivity contribution in [2.45, 2.75) is 13.5 Å². The molecule has 2 rings (SSSR count). The average molecular weight is 312 g/mol. The quantitative estimate of drug-likeness (QED) is 0.831. The zero-order chi connectivity index (χ0) is 15.4. The summed E-state index contributed by atoms with van der Waals surface area (Å²) in [5.74, 6) is -1.74. The number of nitrogen functional groups attached to an aromatic ring is 1. The summed E-state index contributed by atoms with van der Waals surface area (Å²) < 4.78 is 31.2. The molecule has 0 aliphatic carbocycles. The van der Waals surface area contributed by atoms with Crippen molar-refractivity contribution in [3.63, 3.8) is 0 Å². The van der Waals surface area contributed by atoms with Crippen molar-refractivity contribution < 1.29 is 18.3 Å². The fourth-order valence-corrected chi connectivity index (χ4v) is 2.56. The first kappa shape index (κ1) is 15.2. The van der Waals surface area contributed by atoms with Crippen LogP contribution in [0.15, 0.2) is 24.3 Å². The Labute approximate surface area is 124 Å². The smallest absolute Gasteiger partial charge is 0.350 e. The maximum Gasteiger partial charge on any atom is 0.350 e. The van der Waals surface area contributed by atoms with E-state index in [2.05, 4.69) is 5.32 Å². The molecule has 2 aromatic rings. The van der Waals surface area contributed by atoms with Crippen LogP contribution in [0.5, 0.6) is 0 Å². The van der Waals surface area contributed by atoms with Gasteiger partial charge in [-0.25, -0.2) is 13.6 Å². The summed E-state index contributed by atoms with van der Waals surface area (Å²) in [4.78, 5) is 11.9. The summed E-state index contributed by atoms with van der Waals surface area (Å²) in [6.07, 6.45) is 0. The van der Waals surface area contributed by atoms with Gasteiger partial charge in [0.25, 0.3) is 0 Å².